The SMILES string of the molecule is O=C(c1ccon1)N1CC(Cc2ccc(Cl)cc2)(C(=O)NCc2ncn[nH]2)C1.O=CO. The van der Waals surface area contributed by atoms with Gasteiger partial charge in [-0.3, -0.25) is 19.5 Å². The van der Waals surface area contributed by atoms with Crippen LogP contribution in [0.1, 0.15) is 21.9 Å². The van der Waals surface area contributed by atoms with E-state index in [2.05, 4.69) is 25.7 Å². The summed E-state index contributed by atoms with van der Waals surface area (Å²) in [7, 11) is 0. The molecule has 162 valence electrons. The number of carbonyl (C=O) groups is 3. The molecule has 0 saturated carbocycles. The molecule has 4 rings (SSSR count). The highest BCUT2D eigenvalue weighted by atomic mass is 35.5. The van der Waals surface area contributed by atoms with Gasteiger partial charge in [0.05, 0.1) is 12.0 Å². The van der Waals surface area contributed by atoms with Gasteiger partial charge < -0.3 is 19.8 Å². The molecule has 31 heavy (non-hydrogen) atoms. The van der Waals surface area contributed by atoms with Crippen molar-refractivity contribution in [3.05, 3.63) is 65.0 Å². The Morgan fingerprint density at radius 2 is 2.00 bits per heavy atom. The maximum atomic E-state index is 13.0. The molecule has 0 unspecified atom stereocenters. The van der Waals surface area contributed by atoms with Gasteiger partial charge >= 0.3 is 0 Å². The molecular weight excluding hydrogens is 428 g/mol. The molecule has 2 aromatic heterocycles. The number of nitrogens with one attached hydrogen (secondary N) is 2. The Morgan fingerprint density at radius 1 is 1.29 bits per heavy atom. The summed E-state index contributed by atoms with van der Waals surface area (Å²) in [5.41, 5.74) is 0.447. The molecule has 0 bridgehead atoms. The molecule has 12 heteroatoms. The van der Waals surface area contributed by atoms with E-state index in [1.165, 1.54) is 18.7 Å². The summed E-state index contributed by atoms with van der Waals surface area (Å²) in [5.74, 6) is 0.149. The van der Waals surface area contributed by atoms with Gasteiger partial charge in [0.15, 0.2) is 5.69 Å². The van der Waals surface area contributed by atoms with Crippen molar-refractivity contribution in [1.29, 1.82) is 0 Å². The number of likely N-dealkylation sites (tertiary alicyclic amines) is 1. The van der Waals surface area contributed by atoms with Crippen molar-refractivity contribution in [3.63, 3.8) is 0 Å². The zero-order valence-corrected chi connectivity index (χ0v) is 17.0. The molecule has 0 atom stereocenters. The summed E-state index contributed by atoms with van der Waals surface area (Å²) >= 11 is 5.96. The van der Waals surface area contributed by atoms with Crippen molar-refractivity contribution in [2.24, 2.45) is 5.41 Å². The van der Waals surface area contributed by atoms with Crippen LogP contribution in [0.4, 0.5) is 0 Å². The number of hydrogen-bond donors (Lipinski definition) is 3. The van der Waals surface area contributed by atoms with E-state index in [1.807, 2.05) is 12.1 Å². The minimum Gasteiger partial charge on any atom is -0.483 e. The minimum atomic E-state index is -0.743. The first-order valence-electron chi connectivity index (χ1n) is 9.12. The largest absolute Gasteiger partial charge is 0.483 e. The van der Waals surface area contributed by atoms with Gasteiger partial charge in [-0.05, 0) is 24.1 Å². The molecule has 3 N–H and O–H groups in total. The number of rotatable bonds is 6. The Kier molecular flexibility index (Phi) is 6.98. The zero-order chi connectivity index (χ0) is 22.3. The molecule has 3 heterocycles. The van der Waals surface area contributed by atoms with Crippen molar-refractivity contribution >= 4 is 29.9 Å². The monoisotopic (exact) mass is 446 g/mol. The van der Waals surface area contributed by atoms with Gasteiger partial charge in [0.25, 0.3) is 12.4 Å². The number of carboxylic acid groups (broad SMARTS) is 1. The summed E-state index contributed by atoms with van der Waals surface area (Å²) in [5, 5.41) is 20.6. The van der Waals surface area contributed by atoms with E-state index in [0.717, 1.165) is 5.56 Å². The molecule has 1 aliphatic heterocycles. The summed E-state index contributed by atoms with van der Waals surface area (Å²) < 4.78 is 4.73. The van der Waals surface area contributed by atoms with Crippen LogP contribution in [0.3, 0.4) is 0 Å². The number of amides is 2. The maximum absolute atomic E-state index is 13.0. The molecule has 0 radical (unpaired) electrons. The van der Waals surface area contributed by atoms with E-state index >= 15 is 0 Å². The zero-order valence-electron chi connectivity index (χ0n) is 16.2. The van der Waals surface area contributed by atoms with E-state index in [-0.39, 0.29) is 43.6 Å². The first-order chi connectivity index (χ1) is 15.0. The number of benzene rings is 1. The first-order valence-corrected chi connectivity index (χ1v) is 9.50. The van der Waals surface area contributed by atoms with Gasteiger partial charge in [-0.15, -0.1) is 0 Å². The predicted octanol–water partition coefficient (Wildman–Crippen LogP) is 1.15. The average molecular weight is 447 g/mol. The lowest BCUT2D eigenvalue weighted by atomic mass is 9.73. The third-order valence-electron chi connectivity index (χ3n) is 4.75. The molecule has 1 saturated heterocycles. The second-order valence-corrected chi connectivity index (χ2v) is 7.29. The van der Waals surface area contributed by atoms with Crippen LogP contribution in [0, 0.1) is 5.41 Å². The van der Waals surface area contributed by atoms with Gasteiger partial charge in [0.1, 0.15) is 18.4 Å². The van der Waals surface area contributed by atoms with Crippen molar-refractivity contribution in [2.75, 3.05) is 13.1 Å². The van der Waals surface area contributed by atoms with Crippen molar-refractivity contribution in [1.82, 2.24) is 30.6 Å². The third kappa shape index (κ3) is 5.25. The number of nitrogens with zero attached hydrogens (tertiary/aromatic N) is 4. The second kappa shape index (κ2) is 9.85. The molecule has 1 aromatic carbocycles. The lowest BCUT2D eigenvalue weighted by molar-refractivity contribution is -0.139. The number of halogens is 1. The first kappa shape index (κ1) is 22.0. The summed E-state index contributed by atoms with van der Waals surface area (Å²) in [6, 6.07) is 8.85. The fraction of sp³-hybridized carbons (Fsp3) is 0.263. The van der Waals surface area contributed by atoms with Crippen LogP contribution in [-0.2, 0) is 22.6 Å². The molecule has 3 aromatic rings. The molecule has 11 nitrogen and oxygen atoms in total. The van der Waals surface area contributed by atoms with Crippen LogP contribution in [0.25, 0.3) is 0 Å². The Hall–Kier alpha value is -3.73. The van der Waals surface area contributed by atoms with Gasteiger partial charge in [0, 0.05) is 24.2 Å². The van der Waals surface area contributed by atoms with Crippen molar-refractivity contribution in [2.45, 2.75) is 13.0 Å². The van der Waals surface area contributed by atoms with Crippen molar-refractivity contribution in [3.8, 4) is 0 Å². The van der Waals surface area contributed by atoms with Gasteiger partial charge in [0.2, 0.25) is 5.91 Å². The minimum absolute atomic E-state index is 0.150. The van der Waals surface area contributed by atoms with E-state index < -0.39 is 5.41 Å². The topological polar surface area (TPSA) is 154 Å². The molecule has 1 aliphatic rings. The standard InChI is InChI=1S/C18H17ClN6O3.CH2O2/c19-13-3-1-12(2-4-13)7-18(17(27)20-8-15-21-11-22-23-15)9-25(10-18)16(26)14-5-6-28-24-14;2-1-3/h1-6,11H,7-10H2,(H,20,27)(H,21,22,23);1H,(H,2,3). The Bertz CT molecular complexity index is 1000. The van der Waals surface area contributed by atoms with E-state index in [0.29, 0.717) is 17.3 Å². The van der Waals surface area contributed by atoms with Gasteiger partial charge in [-0.2, -0.15) is 5.10 Å². The number of hydrogen-bond acceptors (Lipinski definition) is 7. The Labute approximate surface area is 181 Å². The highest BCUT2D eigenvalue weighted by molar-refractivity contribution is 6.30. The van der Waals surface area contributed by atoms with Crippen molar-refractivity contribution < 1.29 is 24.0 Å². The summed E-state index contributed by atoms with van der Waals surface area (Å²) in [6.07, 6.45) is 3.21. The van der Waals surface area contributed by atoms with Crippen LogP contribution in [0.5, 0.6) is 0 Å². The second-order valence-electron chi connectivity index (χ2n) is 6.85. The lowest BCUT2D eigenvalue weighted by Crippen LogP contribution is -2.65. The van der Waals surface area contributed by atoms with Gasteiger partial charge in [-0.1, -0.05) is 28.9 Å². The molecule has 0 aliphatic carbocycles. The third-order valence-corrected chi connectivity index (χ3v) is 5.00. The quantitative estimate of drug-likeness (QED) is 0.476. The number of carbonyl (C=O) groups excluding carboxylic acids is 2. The normalized spacial score (nSPS) is 14.0. The Morgan fingerprint density at radius 3 is 2.58 bits per heavy atom. The summed E-state index contributed by atoms with van der Waals surface area (Å²) in [6.45, 7) is 0.547. The number of H-pyrrole nitrogens is 1. The number of aromatic amines is 1. The van der Waals surface area contributed by atoms with E-state index in [4.69, 9.17) is 26.0 Å². The van der Waals surface area contributed by atoms with Crippen LogP contribution < -0.4 is 5.32 Å². The smallest absolute Gasteiger partial charge is 0.290 e. The average Bonchev–Trinajstić information content (AvgIpc) is 3.44. The summed E-state index contributed by atoms with van der Waals surface area (Å²) in [4.78, 5) is 39.4. The fourth-order valence-electron chi connectivity index (χ4n) is 3.31. The number of aromatic nitrogens is 4. The van der Waals surface area contributed by atoms with Gasteiger partial charge in [-0.25, -0.2) is 4.98 Å². The highest BCUT2D eigenvalue weighted by Crippen LogP contribution is 2.36. The molecule has 1 fully saturated rings. The predicted molar refractivity (Wildman–Crippen MR) is 107 cm³/mol. The van der Waals surface area contributed by atoms with E-state index in [1.54, 1.807) is 17.0 Å². The molecule has 2 amide bonds. The molecular formula is C19H19ClN6O5. The van der Waals surface area contributed by atoms with Crippen LogP contribution in [0.2, 0.25) is 5.02 Å². The van der Waals surface area contributed by atoms with Crippen LogP contribution in [0.15, 0.2) is 47.4 Å². The fourth-order valence-corrected chi connectivity index (χ4v) is 3.43. The lowest BCUT2D eigenvalue weighted by Gasteiger charge is -2.48. The van der Waals surface area contributed by atoms with Crippen LogP contribution in [-0.4, -0.2) is 61.7 Å². The maximum Gasteiger partial charge on any atom is 0.290 e. The van der Waals surface area contributed by atoms with Crippen LogP contribution >= 0.6 is 11.6 Å². The Balaban J connectivity index is 0.000000858. The highest BCUT2D eigenvalue weighted by Gasteiger charge is 2.51. The molecule has 0 spiro atoms. The van der Waals surface area contributed by atoms with E-state index in [9.17, 15) is 9.59 Å².